The number of rotatable bonds is 7. The van der Waals surface area contributed by atoms with Gasteiger partial charge in [-0.2, -0.15) is 0 Å². The van der Waals surface area contributed by atoms with Gasteiger partial charge in [0.15, 0.2) is 6.79 Å². The molecule has 1 aliphatic rings. The second kappa shape index (κ2) is 9.05. The van der Waals surface area contributed by atoms with Crippen molar-refractivity contribution in [3.63, 3.8) is 0 Å². The van der Waals surface area contributed by atoms with Crippen molar-refractivity contribution in [2.24, 2.45) is 0 Å². The summed E-state index contributed by atoms with van der Waals surface area (Å²) in [5, 5.41) is 2.62. The molecule has 4 rings (SSSR count). The standard InChI is InChI=1S/C25H28O2/c1-2-8-24(9-3-1)26-19-27-25-16-13-20(14-17-25)10-11-21-12-15-22-6-4-5-7-23(22)18-21/h4-7,12-18,24H,1-3,8-11,19H2. The Balaban J connectivity index is 1.25. The highest BCUT2D eigenvalue weighted by Gasteiger charge is 2.13. The molecule has 0 atom stereocenters. The molecule has 0 bridgehead atoms. The summed E-state index contributed by atoms with van der Waals surface area (Å²) in [4.78, 5) is 0. The number of benzene rings is 3. The molecule has 0 N–H and O–H groups in total. The van der Waals surface area contributed by atoms with Crippen LogP contribution in [-0.4, -0.2) is 12.9 Å². The summed E-state index contributed by atoms with van der Waals surface area (Å²) in [6.07, 6.45) is 8.76. The van der Waals surface area contributed by atoms with Crippen molar-refractivity contribution >= 4 is 10.8 Å². The Morgan fingerprint density at radius 1 is 0.704 bits per heavy atom. The van der Waals surface area contributed by atoms with E-state index in [0.717, 1.165) is 18.6 Å². The molecule has 3 aromatic carbocycles. The van der Waals surface area contributed by atoms with Crippen molar-refractivity contribution in [2.75, 3.05) is 6.79 Å². The number of hydrogen-bond donors (Lipinski definition) is 0. The topological polar surface area (TPSA) is 18.5 Å². The number of ether oxygens (including phenoxy) is 2. The van der Waals surface area contributed by atoms with E-state index in [0.29, 0.717) is 12.9 Å². The van der Waals surface area contributed by atoms with E-state index in [1.807, 2.05) is 0 Å². The van der Waals surface area contributed by atoms with Crippen LogP contribution >= 0.6 is 0 Å². The van der Waals surface area contributed by atoms with Gasteiger partial charge in [-0.25, -0.2) is 0 Å². The minimum absolute atomic E-state index is 0.362. The maximum atomic E-state index is 5.84. The highest BCUT2D eigenvalue weighted by Crippen LogP contribution is 2.21. The van der Waals surface area contributed by atoms with Crippen LogP contribution in [0.1, 0.15) is 43.2 Å². The summed E-state index contributed by atoms with van der Waals surface area (Å²) in [5.41, 5.74) is 2.72. The van der Waals surface area contributed by atoms with Gasteiger partial charge in [-0.3, -0.25) is 0 Å². The Bertz CT molecular complexity index is 848. The van der Waals surface area contributed by atoms with Crippen molar-refractivity contribution in [3.05, 3.63) is 77.9 Å². The van der Waals surface area contributed by atoms with Crippen LogP contribution in [0.15, 0.2) is 66.7 Å². The molecule has 0 heterocycles. The maximum Gasteiger partial charge on any atom is 0.189 e. The molecule has 2 nitrogen and oxygen atoms in total. The molecule has 27 heavy (non-hydrogen) atoms. The number of fused-ring (bicyclic) bond motifs is 1. The molecule has 0 aliphatic heterocycles. The van der Waals surface area contributed by atoms with E-state index in [1.165, 1.54) is 54.0 Å². The minimum Gasteiger partial charge on any atom is -0.468 e. The summed E-state index contributed by atoms with van der Waals surface area (Å²) in [6, 6.07) is 23.7. The van der Waals surface area contributed by atoms with Crippen LogP contribution in [0.5, 0.6) is 5.75 Å². The second-order valence-electron chi connectivity index (χ2n) is 7.51. The molecule has 0 aromatic heterocycles. The van der Waals surface area contributed by atoms with Crippen molar-refractivity contribution in [1.82, 2.24) is 0 Å². The summed E-state index contributed by atoms with van der Waals surface area (Å²) in [6.45, 7) is 0.362. The van der Waals surface area contributed by atoms with Crippen molar-refractivity contribution in [1.29, 1.82) is 0 Å². The first-order chi connectivity index (χ1) is 13.4. The Kier molecular flexibility index (Phi) is 6.06. The van der Waals surface area contributed by atoms with E-state index in [9.17, 15) is 0 Å². The Hall–Kier alpha value is -2.32. The van der Waals surface area contributed by atoms with Gasteiger partial charge in [0, 0.05) is 0 Å². The van der Waals surface area contributed by atoms with E-state index in [1.54, 1.807) is 0 Å². The first-order valence-corrected chi connectivity index (χ1v) is 10.2. The molecule has 1 aliphatic carbocycles. The zero-order chi connectivity index (χ0) is 18.3. The van der Waals surface area contributed by atoms with Crippen LogP contribution in [0.3, 0.4) is 0 Å². The molecule has 1 fully saturated rings. The third-order valence-corrected chi connectivity index (χ3v) is 5.52. The molecular formula is C25H28O2. The summed E-state index contributed by atoms with van der Waals surface area (Å²) in [7, 11) is 0. The molecular weight excluding hydrogens is 332 g/mol. The molecule has 0 spiro atoms. The van der Waals surface area contributed by atoms with E-state index < -0.39 is 0 Å². The summed E-state index contributed by atoms with van der Waals surface area (Å²) in [5.74, 6) is 0.889. The van der Waals surface area contributed by atoms with Crippen molar-refractivity contribution in [2.45, 2.75) is 51.0 Å². The normalized spacial score (nSPS) is 15.1. The molecule has 0 saturated heterocycles. The lowest BCUT2D eigenvalue weighted by molar-refractivity contribution is -0.0496. The lowest BCUT2D eigenvalue weighted by Crippen LogP contribution is -2.19. The monoisotopic (exact) mass is 360 g/mol. The molecule has 0 unspecified atom stereocenters. The van der Waals surface area contributed by atoms with Gasteiger partial charge in [-0.05, 0) is 59.7 Å². The van der Waals surface area contributed by atoms with E-state index in [2.05, 4.69) is 66.7 Å². The second-order valence-corrected chi connectivity index (χ2v) is 7.51. The summed E-state index contributed by atoms with van der Waals surface area (Å²) >= 11 is 0. The fourth-order valence-electron chi connectivity index (χ4n) is 3.87. The van der Waals surface area contributed by atoms with Crippen molar-refractivity contribution in [3.8, 4) is 5.75 Å². The predicted octanol–water partition coefficient (Wildman–Crippen LogP) is 6.31. The quantitative estimate of drug-likeness (QED) is 0.460. The number of aryl methyl sites for hydroxylation is 2. The maximum absolute atomic E-state index is 5.84. The lowest BCUT2D eigenvalue weighted by Gasteiger charge is -2.21. The van der Waals surface area contributed by atoms with Crippen LogP contribution < -0.4 is 4.74 Å². The van der Waals surface area contributed by atoms with E-state index >= 15 is 0 Å². The molecule has 1 saturated carbocycles. The zero-order valence-corrected chi connectivity index (χ0v) is 15.9. The fourth-order valence-corrected chi connectivity index (χ4v) is 3.87. The minimum atomic E-state index is 0.362. The largest absolute Gasteiger partial charge is 0.468 e. The molecule has 3 aromatic rings. The smallest absolute Gasteiger partial charge is 0.189 e. The van der Waals surface area contributed by atoms with Gasteiger partial charge < -0.3 is 9.47 Å². The van der Waals surface area contributed by atoms with Gasteiger partial charge in [-0.15, -0.1) is 0 Å². The first-order valence-electron chi connectivity index (χ1n) is 10.2. The molecule has 2 heteroatoms. The number of hydrogen-bond acceptors (Lipinski definition) is 2. The van der Waals surface area contributed by atoms with Gasteiger partial charge in [0.25, 0.3) is 0 Å². The van der Waals surface area contributed by atoms with Crippen LogP contribution in [0.2, 0.25) is 0 Å². The van der Waals surface area contributed by atoms with Crippen LogP contribution in [-0.2, 0) is 17.6 Å². The highest BCUT2D eigenvalue weighted by molar-refractivity contribution is 5.82. The van der Waals surface area contributed by atoms with Crippen LogP contribution in [0, 0.1) is 0 Å². The van der Waals surface area contributed by atoms with Gasteiger partial charge in [0.2, 0.25) is 0 Å². The summed E-state index contributed by atoms with van der Waals surface area (Å²) < 4.78 is 11.6. The highest BCUT2D eigenvalue weighted by atomic mass is 16.7. The van der Waals surface area contributed by atoms with Crippen LogP contribution in [0.25, 0.3) is 10.8 Å². The first kappa shape index (κ1) is 18.1. The van der Waals surface area contributed by atoms with Gasteiger partial charge in [0.1, 0.15) is 5.75 Å². The third kappa shape index (κ3) is 5.11. The fraction of sp³-hybridized carbons (Fsp3) is 0.360. The SMILES string of the molecule is c1ccc2cc(CCc3ccc(OCOC4CCCCC4)cc3)ccc2c1. The van der Waals surface area contributed by atoms with Crippen molar-refractivity contribution < 1.29 is 9.47 Å². The van der Waals surface area contributed by atoms with E-state index in [-0.39, 0.29) is 0 Å². The average Bonchev–Trinajstić information content (AvgIpc) is 2.74. The molecule has 0 radical (unpaired) electrons. The Morgan fingerprint density at radius 2 is 1.41 bits per heavy atom. The Labute approximate surface area is 162 Å². The van der Waals surface area contributed by atoms with Gasteiger partial charge >= 0.3 is 0 Å². The molecule has 0 amide bonds. The Morgan fingerprint density at radius 3 is 2.22 bits per heavy atom. The predicted molar refractivity (Wildman–Crippen MR) is 111 cm³/mol. The van der Waals surface area contributed by atoms with Gasteiger partial charge in [-0.1, -0.05) is 73.9 Å². The lowest BCUT2D eigenvalue weighted by atomic mass is 9.98. The third-order valence-electron chi connectivity index (χ3n) is 5.52. The zero-order valence-electron chi connectivity index (χ0n) is 15.9. The van der Waals surface area contributed by atoms with Crippen LogP contribution in [0.4, 0.5) is 0 Å². The molecule has 140 valence electrons. The average molecular weight is 360 g/mol. The van der Waals surface area contributed by atoms with E-state index in [4.69, 9.17) is 9.47 Å². The van der Waals surface area contributed by atoms with Gasteiger partial charge in [0.05, 0.1) is 6.10 Å².